The van der Waals surface area contributed by atoms with Gasteiger partial charge in [-0.2, -0.15) is 0 Å². The third-order valence-electron chi connectivity index (χ3n) is 6.75. The molecule has 0 spiro atoms. The number of carboxylic acids is 1. The molecule has 3 aromatic carbocycles. The van der Waals surface area contributed by atoms with Gasteiger partial charge in [-0.1, -0.05) is 55.8 Å². The van der Waals surface area contributed by atoms with Crippen molar-refractivity contribution >= 4 is 30.1 Å². The van der Waals surface area contributed by atoms with Gasteiger partial charge in [0.05, 0.1) is 0 Å². The highest BCUT2D eigenvalue weighted by molar-refractivity contribution is 7.98. The number of carbonyl (C=O) groups is 3. The van der Waals surface area contributed by atoms with Crippen LogP contribution in [0.4, 0.5) is 4.79 Å². The van der Waals surface area contributed by atoms with Gasteiger partial charge in [-0.3, -0.25) is 4.79 Å². The number of hydrogen-bond donors (Lipinski definition) is 1. The average Bonchev–Trinajstić information content (AvgIpc) is 3.48. The van der Waals surface area contributed by atoms with Gasteiger partial charge in [-0.25, -0.2) is 9.59 Å². The van der Waals surface area contributed by atoms with E-state index in [4.69, 9.17) is 9.47 Å². The molecule has 1 N–H and O–H groups in total. The van der Waals surface area contributed by atoms with E-state index >= 15 is 0 Å². The number of nitrogens with zero attached hydrogens (tertiary/aromatic N) is 1. The van der Waals surface area contributed by atoms with Crippen LogP contribution in [-0.2, 0) is 4.79 Å². The van der Waals surface area contributed by atoms with Crippen LogP contribution in [0.3, 0.4) is 0 Å². The first kappa shape index (κ1) is 34.4. The highest BCUT2D eigenvalue weighted by atomic mass is 32.2. The first-order chi connectivity index (χ1) is 19.9. The van der Waals surface area contributed by atoms with Crippen LogP contribution in [0.1, 0.15) is 72.6 Å². The summed E-state index contributed by atoms with van der Waals surface area (Å²) in [5, 5.41) is 9.34. The highest BCUT2D eigenvalue weighted by Crippen LogP contribution is 2.34. The molecule has 1 saturated heterocycles. The molecule has 226 valence electrons. The molecule has 1 atom stereocenters. The number of aldehydes is 1. The summed E-state index contributed by atoms with van der Waals surface area (Å²) in [7, 11) is 0. The van der Waals surface area contributed by atoms with Crippen molar-refractivity contribution in [2.45, 2.75) is 71.3 Å². The molecule has 8 heteroatoms. The van der Waals surface area contributed by atoms with Crippen molar-refractivity contribution in [3.63, 3.8) is 0 Å². The fourth-order valence-electron chi connectivity index (χ4n) is 4.33. The number of likely N-dealkylation sites (tertiary alicyclic amines) is 1. The van der Waals surface area contributed by atoms with E-state index in [9.17, 15) is 19.5 Å². The van der Waals surface area contributed by atoms with E-state index in [0.29, 0.717) is 24.6 Å². The number of aliphatic carboxylic acids is 1. The van der Waals surface area contributed by atoms with E-state index in [1.54, 1.807) is 28.8 Å². The first-order valence-corrected chi connectivity index (χ1v) is 15.3. The largest absolute Gasteiger partial charge is 0.478 e. The van der Waals surface area contributed by atoms with E-state index in [2.05, 4.69) is 0 Å². The Morgan fingerprint density at radius 3 is 2.05 bits per heavy atom. The Morgan fingerprint density at radius 2 is 1.55 bits per heavy atom. The summed E-state index contributed by atoms with van der Waals surface area (Å²) in [6, 6.07) is 19.0. The van der Waals surface area contributed by atoms with Gasteiger partial charge in [0.15, 0.2) is 5.60 Å². The standard InChI is InChI=1S/C24H29NO5.C8H8OS.C2H6/c1-15-6-8-20(9-7-15)29-23(28)25-11-10-18(14-25)19-12-16(2)21(17(3)13-19)30-24(4,5)22(26)27;1-10-8-4-2-7(6-9)3-5-8;1-2/h6-9,12-13,18H,10-11,14H2,1-5H3,(H,26,27);2-6H,1H3;1-2H3/t18-;;/m0../s1. The minimum Gasteiger partial charge on any atom is -0.478 e. The Hall–Kier alpha value is -3.78. The van der Waals surface area contributed by atoms with Crippen molar-refractivity contribution in [1.29, 1.82) is 0 Å². The molecule has 0 saturated carbocycles. The predicted octanol–water partition coefficient (Wildman–Crippen LogP) is 8.09. The van der Waals surface area contributed by atoms with Gasteiger partial charge >= 0.3 is 12.1 Å². The molecular formula is C34H43NO6S. The van der Waals surface area contributed by atoms with Gasteiger partial charge in [-0.15, -0.1) is 11.8 Å². The summed E-state index contributed by atoms with van der Waals surface area (Å²) in [4.78, 5) is 37.0. The number of carbonyl (C=O) groups excluding carboxylic acids is 2. The monoisotopic (exact) mass is 593 g/mol. The number of carboxylic acid groups (broad SMARTS) is 1. The van der Waals surface area contributed by atoms with Crippen molar-refractivity contribution in [2.24, 2.45) is 0 Å². The number of benzene rings is 3. The Morgan fingerprint density at radius 1 is 0.976 bits per heavy atom. The van der Waals surface area contributed by atoms with Gasteiger partial charge < -0.3 is 19.5 Å². The van der Waals surface area contributed by atoms with Crippen molar-refractivity contribution in [3.05, 3.63) is 88.5 Å². The Balaban J connectivity index is 0.000000431. The second-order valence-corrected chi connectivity index (χ2v) is 11.3. The highest BCUT2D eigenvalue weighted by Gasteiger charge is 2.32. The fraction of sp³-hybridized carbons (Fsp3) is 0.382. The molecule has 1 aliphatic rings. The van der Waals surface area contributed by atoms with Crippen LogP contribution in [0.25, 0.3) is 0 Å². The maximum atomic E-state index is 12.5. The smallest absolute Gasteiger partial charge is 0.415 e. The van der Waals surface area contributed by atoms with Crippen LogP contribution in [-0.4, -0.2) is 53.3 Å². The van der Waals surface area contributed by atoms with Crippen LogP contribution in [0.2, 0.25) is 0 Å². The molecule has 1 aliphatic heterocycles. The molecule has 3 aromatic rings. The van der Waals surface area contributed by atoms with Crippen molar-refractivity contribution in [1.82, 2.24) is 4.90 Å². The molecule has 0 aromatic heterocycles. The lowest BCUT2D eigenvalue weighted by atomic mass is 9.94. The predicted molar refractivity (Wildman–Crippen MR) is 169 cm³/mol. The fourth-order valence-corrected chi connectivity index (χ4v) is 4.74. The zero-order valence-corrected chi connectivity index (χ0v) is 26.7. The molecule has 1 fully saturated rings. The van der Waals surface area contributed by atoms with Gasteiger partial charge in [0.1, 0.15) is 17.8 Å². The summed E-state index contributed by atoms with van der Waals surface area (Å²) < 4.78 is 11.3. The van der Waals surface area contributed by atoms with Crippen LogP contribution in [0, 0.1) is 20.8 Å². The van der Waals surface area contributed by atoms with Crippen LogP contribution < -0.4 is 9.47 Å². The van der Waals surface area contributed by atoms with E-state index < -0.39 is 11.6 Å². The molecule has 42 heavy (non-hydrogen) atoms. The minimum atomic E-state index is -1.30. The van der Waals surface area contributed by atoms with Crippen molar-refractivity contribution < 1.29 is 29.0 Å². The maximum absolute atomic E-state index is 12.5. The normalized spacial score (nSPS) is 14.1. The number of ether oxygens (including phenoxy) is 2. The molecule has 0 bridgehead atoms. The number of amides is 1. The Bertz CT molecular complexity index is 1310. The minimum absolute atomic E-state index is 0.203. The second kappa shape index (κ2) is 16.0. The molecule has 7 nitrogen and oxygen atoms in total. The second-order valence-electron chi connectivity index (χ2n) is 10.4. The van der Waals surface area contributed by atoms with Crippen LogP contribution in [0.5, 0.6) is 11.5 Å². The summed E-state index contributed by atoms with van der Waals surface area (Å²) in [5.41, 5.74) is 3.44. The van der Waals surface area contributed by atoms with E-state index in [-0.39, 0.29) is 12.0 Å². The molecule has 4 rings (SSSR count). The summed E-state index contributed by atoms with van der Waals surface area (Å²) in [5.74, 6) is 0.335. The summed E-state index contributed by atoms with van der Waals surface area (Å²) in [6.07, 6.45) is 3.38. The van der Waals surface area contributed by atoms with E-state index in [0.717, 1.165) is 40.5 Å². The van der Waals surface area contributed by atoms with Crippen molar-refractivity contribution in [3.8, 4) is 11.5 Å². The summed E-state index contributed by atoms with van der Waals surface area (Å²) in [6.45, 7) is 14.1. The molecular weight excluding hydrogens is 550 g/mol. The zero-order valence-electron chi connectivity index (χ0n) is 25.9. The Labute approximate surface area is 254 Å². The third-order valence-corrected chi connectivity index (χ3v) is 7.49. The SMILES string of the molecule is CC.CSc1ccc(C=O)cc1.Cc1ccc(OC(=O)N2CC[C@H](c3cc(C)c(OC(C)(C)C(=O)O)c(C)c3)C2)cc1. The maximum Gasteiger partial charge on any atom is 0.415 e. The lowest BCUT2D eigenvalue weighted by Gasteiger charge is -2.25. The molecule has 0 radical (unpaired) electrons. The van der Waals surface area contributed by atoms with Gasteiger partial charge in [0, 0.05) is 29.5 Å². The lowest BCUT2D eigenvalue weighted by Crippen LogP contribution is -2.38. The number of thioether (sulfide) groups is 1. The molecule has 1 heterocycles. The zero-order chi connectivity index (χ0) is 31.4. The quantitative estimate of drug-likeness (QED) is 0.219. The van der Waals surface area contributed by atoms with E-state index in [1.165, 1.54) is 18.7 Å². The topological polar surface area (TPSA) is 93.1 Å². The van der Waals surface area contributed by atoms with Gasteiger partial charge in [0.2, 0.25) is 0 Å². The molecule has 0 aliphatic carbocycles. The van der Waals surface area contributed by atoms with Gasteiger partial charge in [-0.05, 0) is 88.3 Å². The van der Waals surface area contributed by atoms with Gasteiger partial charge in [0.25, 0.3) is 0 Å². The molecule has 1 amide bonds. The first-order valence-electron chi connectivity index (χ1n) is 14.1. The molecule has 0 unspecified atom stereocenters. The van der Waals surface area contributed by atoms with Crippen molar-refractivity contribution in [2.75, 3.05) is 19.3 Å². The van der Waals surface area contributed by atoms with Crippen LogP contribution in [0.15, 0.2) is 65.6 Å². The Kier molecular flexibility index (Phi) is 13.1. The lowest BCUT2D eigenvalue weighted by molar-refractivity contribution is -0.152. The van der Waals surface area contributed by atoms with E-state index in [1.807, 2.05) is 89.4 Å². The number of aryl methyl sites for hydroxylation is 3. The number of rotatable bonds is 7. The average molecular weight is 594 g/mol. The third kappa shape index (κ3) is 9.65. The summed E-state index contributed by atoms with van der Waals surface area (Å²) >= 11 is 1.67. The number of hydrogen-bond acceptors (Lipinski definition) is 6. The van der Waals surface area contributed by atoms with Crippen LogP contribution >= 0.6 is 11.8 Å².